The van der Waals surface area contributed by atoms with Crippen LogP contribution in [-0.4, -0.2) is 25.8 Å². The SMILES string of the molecule is CCCCCOC(C)CNCC(C)C. The van der Waals surface area contributed by atoms with Crippen LogP contribution in [0.15, 0.2) is 0 Å². The van der Waals surface area contributed by atoms with Crippen molar-refractivity contribution in [2.75, 3.05) is 19.7 Å². The van der Waals surface area contributed by atoms with E-state index in [1.165, 1.54) is 19.3 Å². The minimum absolute atomic E-state index is 0.352. The van der Waals surface area contributed by atoms with Crippen LogP contribution in [-0.2, 0) is 4.74 Å². The molecule has 2 heteroatoms. The Morgan fingerprint density at radius 1 is 1.07 bits per heavy atom. The molecule has 0 rings (SSSR count). The molecule has 0 bridgehead atoms. The molecule has 0 aliphatic heterocycles. The summed E-state index contributed by atoms with van der Waals surface area (Å²) in [5, 5.41) is 3.40. The van der Waals surface area contributed by atoms with Gasteiger partial charge >= 0.3 is 0 Å². The van der Waals surface area contributed by atoms with Gasteiger partial charge in [-0.1, -0.05) is 33.6 Å². The molecule has 0 aromatic rings. The number of hydrogen-bond acceptors (Lipinski definition) is 2. The minimum atomic E-state index is 0.352. The van der Waals surface area contributed by atoms with Crippen molar-refractivity contribution in [3.8, 4) is 0 Å². The van der Waals surface area contributed by atoms with E-state index < -0.39 is 0 Å². The minimum Gasteiger partial charge on any atom is -0.377 e. The van der Waals surface area contributed by atoms with Crippen molar-refractivity contribution in [3.05, 3.63) is 0 Å². The lowest BCUT2D eigenvalue weighted by molar-refractivity contribution is 0.0629. The Morgan fingerprint density at radius 2 is 1.79 bits per heavy atom. The van der Waals surface area contributed by atoms with Gasteiger partial charge in [0.2, 0.25) is 0 Å². The van der Waals surface area contributed by atoms with Gasteiger partial charge in [0.25, 0.3) is 0 Å². The topological polar surface area (TPSA) is 21.3 Å². The van der Waals surface area contributed by atoms with Crippen molar-refractivity contribution in [2.24, 2.45) is 5.92 Å². The second-order valence-corrected chi connectivity index (χ2v) is 4.44. The van der Waals surface area contributed by atoms with E-state index in [1.807, 2.05) is 0 Å². The van der Waals surface area contributed by atoms with Gasteiger partial charge in [-0.05, 0) is 25.8 Å². The first-order valence-electron chi connectivity index (χ1n) is 5.99. The highest BCUT2D eigenvalue weighted by molar-refractivity contribution is 4.57. The fraction of sp³-hybridized carbons (Fsp3) is 1.00. The van der Waals surface area contributed by atoms with Crippen LogP contribution in [0.2, 0.25) is 0 Å². The van der Waals surface area contributed by atoms with Crippen molar-refractivity contribution in [3.63, 3.8) is 0 Å². The van der Waals surface area contributed by atoms with E-state index in [9.17, 15) is 0 Å². The highest BCUT2D eigenvalue weighted by Crippen LogP contribution is 1.97. The maximum Gasteiger partial charge on any atom is 0.0671 e. The molecule has 0 aliphatic carbocycles. The number of hydrogen-bond donors (Lipinski definition) is 1. The molecule has 0 aliphatic rings. The van der Waals surface area contributed by atoms with Gasteiger partial charge in [0.1, 0.15) is 0 Å². The lowest BCUT2D eigenvalue weighted by Crippen LogP contribution is -2.29. The number of nitrogens with one attached hydrogen (secondary N) is 1. The zero-order valence-corrected chi connectivity index (χ0v) is 10.3. The molecule has 0 amide bonds. The van der Waals surface area contributed by atoms with E-state index in [1.54, 1.807) is 0 Å². The number of unbranched alkanes of at least 4 members (excludes halogenated alkanes) is 2. The van der Waals surface area contributed by atoms with E-state index in [0.717, 1.165) is 25.6 Å². The average Bonchev–Trinajstić information content (AvgIpc) is 2.12. The Labute approximate surface area is 89.4 Å². The Kier molecular flexibility index (Phi) is 9.42. The molecule has 0 saturated heterocycles. The second kappa shape index (κ2) is 9.47. The molecular formula is C12H27NO. The summed E-state index contributed by atoms with van der Waals surface area (Å²) in [6.07, 6.45) is 4.10. The molecule has 14 heavy (non-hydrogen) atoms. The van der Waals surface area contributed by atoms with E-state index in [-0.39, 0.29) is 0 Å². The molecule has 0 aromatic carbocycles. The first kappa shape index (κ1) is 13.9. The number of rotatable bonds is 9. The fourth-order valence-corrected chi connectivity index (χ4v) is 1.27. The van der Waals surface area contributed by atoms with Gasteiger partial charge in [-0.3, -0.25) is 0 Å². The van der Waals surface area contributed by atoms with E-state index in [2.05, 4.69) is 33.0 Å². The third kappa shape index (κ3) is 10.0. The Balaban J connectivity index is 3.15. The standard InChI is InChI=1S/C12H27NO/c1-5-6-7-8-14-12(4)10-13-9-11(2)3/h11-13H,5-10H2,1-4H3. The summed E-state index contributed by atoms with van der Waals surface area (Å²) in [6, 6.07) is 0. The van der Waals surface area contributed by atoms with Crippen LogP contribution < -0.4 is 5.32 Å². The Morgan fingerprint density at radius 3 is 2.36 bits per heavy atom. The first-order chi connectivity index (χ1) is 6.66. The van der Waals surface area contributed by atoms with Gasteiger partial charge < -0.3 is 10.1 Å². The summed E-state index contributed by atoms with van der Waals surface area (Å²) >= 11 is 0. The molecule has 0 aromatic heterocycles. The summed E-state index contributed by atoms with van der Waals surface area (Å²) in [4.78, 5) is 0. The predicted molar refractivity (Wildman–Crippen MR) is 62.6 cm³/mol. The van der Waals surface area contributed by atoms with Crippen molar-refractivity contribution in [2.45, 2.75) is 53.1 Å². The molecule has 1 unspecified atom stereocenters. The summed E-state index contributed by atoms with van der Waals surface area (Å²) < 4.78 is 5.66. The molecular weight excluding hydrogens is 174 g/mol. The lowest BCUT2D eigenvalue weighted by atomic mass is 10.2. The van der Waals surface area contributed by atoms with Gasteiger partial charge in [0, 0.05) is 13.2 Å². The van der Waals surface area contributed by atoms with Gasteiger partial charge in [-0.25, -0.2) is 0 Å². The molecule has 0 spiro atoms. The molecule has 2 nitrogen and oxygen atoms in total. The van der Waals surface area contributed by atoms with Crippen molar-refractivity contribution in [1.82, 2.24) is 5.32 Å². The predicted octanol–water partition coefficient (Wildman–Crippen LogP) is 2.83. The lowest BCUT2D eigenvalue weighted by Gasteiger charge is -2.14. The number of ether oxygens (including phenoxy) is 1. The van der Waals surface area contributed by atoms with Gasteiger partial charge in [0.15, 0.2) is 0 Å². The normalized spacial score (nSPS) is 13.5. The highest BCUT2D eigenvalue weighted by Gasteiger charge is 2.01. The van der Waals surface area contributed by atoms with Crippen LogP contribution in [0.25, 0.3) is 0 Å². The molecule has 1 N–H and O–H groups in total. The van der Waals surface area contributed by atoms with Crippen LogP contribution in [0.3, 0.4) is 0 Å². The maximum absolute atomic E-state index is 5.66. The van der Waals surface area contributed by atoms with Crippen LogP contribution in [0.5, 0.6) is 0 Å². The summed E-state index contributed by atoms with van der Waals surface area (Å²) in [5.41, 5.74) is 0. The molecule has 0 saturated carbocycles. The van der Waals surface area contributed by atoms with Crippen LogP contribution in [0, 0.1) is 5.92 Å². The largest absolute Gasteiger partial charge is 0.377 e. The zero-order valence-electron chi connectivity index (χ0n) is 10.3. The summed E-state index contributed by atoms with van der Waals surface area (Å²) in [5.74, 6) is 0.724. The summed E-state index contributed by atoms with van der Waals surface area (Å²) in [6.45, 7) is 11.8. The van der Waals surface area contributed by atoms with Crippen LogP contribution in [0.1, 0.15) is 47.0 Å². The smallest absolute Gasteiger partial charge is 0.0671 e. The quantitative estimate of drug-likeness (QED) is 0.579. The average molecular weight is 201 g/mol. The molecule has 1 atom stereocenters. The third-order valence-corrected chi connectivity index (χ3v) is 2.13. The molecule has 0 radical (unpaired) electrons. The molecule has 0 heterocycles. The van der Waals surface area contributed by atoms with Gasteiger partial charge in [-0.2, -0.15) is 0 Å². The van der Waals surface area contributed by atoms with Crippen LogP contribution >= 0.6 is 0 Å². The van der Waals surface area contributed by atoms with Gasteiger partial charge in [0.05, 0.1) is 6.10 Å². The van der Waals surface area contributed by atoms with Crippen molar-refractivity contribution < 1.29 is 4.74 Å². The Bertz CT molecular complexity index is 115. The van der Waals surface area contributed by atoms with E-state index in [4.69, 9.17) is 4.74 Å². The zero-order chi connectivity index (χ0) is 10.8. The Hall–Kier alpha value is -0.0800. The highest BCUT2D eigenvalue weighted by atomic mass is 16.5. The van der Waals surface area contributed by atoms with E-state index in [0.29, 0.717) is 6.10 Å². The molecule has 0 fully saturated rings. The first-order valence-corrected chi connectivity index (χ1v) is 5.99. The second-order valence-electron chi connectivity index (χ2n) is 4.44. The van der Waals surface area contributed by atoms with Crippen molar-refractivity contribution >= 4 is 0 Å². The third-order valence-electron chi connectivity index (χ3n) is 2.13. The van der Waals surface area contributed by atoms with Crippen LogP contribution in [0.4, 0.5) is 0 Å². The van der Waals surface area contributed by atoms with E-state index >= 15 is 0 Å². The molecule has 86 valence electrons. The van der Waals surface area contributed by atoms with Gasteiger partial charge in [-0.15, -0.1) is 0 Å². The summed E-state index contributed by atoms with van der Waals surface area (Å²) in [7, 11) is 0. The maximum atomic E-state index is 5.66. The fourth-order valence-electron chi connectivity index (χ4n) is 1.27. The van der Waals surface area contributed by atoms with Crippen molar-refractivity contribution in [1.29, 1.82) is 0 Å². The monoisotopic (exact) mass is 201 g/mol.